The molecule has 2 heterocycles. The van der Waals surface area contributed by atoms with Crippen molar-refractivity contribution in [3.8, 4) is 23.0 Å². The Bertz CT molecular complexity index is 1190. The number of H-pyrrole nitrogens is 1. The van der Waals surface area contributed by atoms with Crippen molar-refractivity contribution >= 4 is 17.0 Å². The van der Waals surface area contributed by atoms with Crippen LogP contribution in [0.4, 0.5) is 0 Å². The number of imidazole rings is 1. The zero-order valence-electron chi connectivity index (χ0n) is 17.2. The molecule has 4 aromatic rings. The van der Waals surface area contributed by atoms with Crippen LogP contribution in [0.1, 0.15) is 41.1 Å². The van der Waals surface area contributed by atoms with Crippen LogP contribution in [-0.4, -0.2) is 33.1 Å². The largest absolute Gasteiger partial charge is 0.506 e. The van der Waals surface area contributed by atoms with E-state index in [0.717, 1.165) is 54.8 Å². The van der Waals surface area contributed by atoms with Gasteiger partial charge >= 0.3 is 0 Å². The van der Waals surface area contributed by atoms with Gasteiger partial charge < -0.3 is 25.0 Å². The molecular weight excluding hydrogens is 396 g/mol. The minimum Gasteiger partial charge on any atom is -0.506 e. The van der Waals surface area contributed by atoms with E-state index < -0.39 is 5.91 Å². The number of rotatable bonds is 9. The van der Waals surface area contributed by atoms with Crippen molar-refractivity contribution < 1.29 is 19.1 Å². The highest BCUT2D eigenvalue weighted by Crippen LogP contribution is 2.33. The summed E-state index contributed by atoms with van der Waals surface area (Å²) in [6, 6.07) is 11.0. The molecule has 4 N–H and O–H groups in total. The van der Waals surface area contributed by atoms with E-state index in [1.807, 2.05) is 30.3 Å². The SMILES string of the molecule is COc1ccc(-c2nc3c(O)ccc(CCCCCc4ncc(C(N)=O)[nH]4)c3o2)cc1. The van der Waals surface area contributed by atoms with E-state index in [1.165, 1.54) is 6.20 Å². The van der Waals surface area contributed by atoms with Crippen LogP contribution in [0.15, 0.2) is 47.0 Å². The van der Waals surface area contributed by atoms with Gasteiger partial charge in [0, 0.05) is 12.0 Å². The molecule has 1 amide bonds. The maximum absolute atomic E-state index is 11.1. The zero-order valence-corrected chi connectivity index (χ0v) is 17.2. The highest BCUT2D eigenvalue weighted by molar-refractivity contribution is 5.90. The second kappa shape index (κ2) is 8.91. The molecule has 8 heteroatoms. The van der Waals surface area contributed by atoms with Crippen LogP contribution >= 0.6 is 0 Å². The minimum absolute atomic E-state index is 0.102. The van der Waals surface area contributed by atoms with Gasteiger partial charge in [-0.05, 0) is 55.2 Å². The van der Waals surface area contributed by atoms with E-state index in [2.05, 4.69) is 15.0 Å². The highest BCUT2D eigenvalue weighted by Gasteiger charge is 2.15. The lowest BCUT2D eigenvalue weighted by atomic mass is 10.0. The number of carbonyl (C=O) groups excluding carboxylic acids is 1. The van der Waals surface area contributed by atoms with Gasteiger partial charge in [0.2, 0.25) is 5.89 Å². The fourth-order valence-corrected chi connectivity index (χ4v) is 3.50. The molecule has 2 aromatic carbocycles. The number of hydrogen-bond acceptors (Lipinski definition) is 6. The van der Waals surface area contributed by atoms with E-state index in [9.17, 15) is 9.90 Å². The minimum atomic E-state index is -0.504. The molecule has 4 rings (SSSR count). The van der Waals surface area contributed by atoms with E-state index in [1.54, 1.807) is 13.2 Å². The number of nitrogens with two attached hydrogens (primary N) is 1. The number of benzene rings is 2. The van der Waals surface area contributed by atoms with E-state index in [0.29, 0.717) is 22.7 Å². The number of primary amides is 1. The van der Waals surface area contributed by atoms with Crippen LogP contribution < -0.4 is 10.5 Å². The summed E-state index contributed by atoms with van der Waals surface area (Å²) in [6.07, 6.45) is 5.88. The van der Waals surface area contributed by atoms with Crippen LogP contribution in [0.25, 0.3) is 22.6 Å². The Labute approximate surface area is 179 Å². The normalized spacial score (nSPS) is 11.1. The molecule has 0 spiro atoms. The number of phenolic OH excluding ortho intramolecular Hbond substituents is 1. The van der Waals surface area contributed by atoms with Crippen LogP contribution in [0.5, 0.6) is 11.5 Å². The molecule has 0 unspecified atom stereocenters. The molecule has 0 aliphatic rings. The smallest absolute Gasteiger partial charge is 0.266 e. The van der Waals surface area contributed by atoms with Gasteiger partial charge in [0.1, 0.15) is 23.0 Å². The summed E-state index contributed by atoms with van der Waals surface area (Å²) in [5, 5.41) is 10.2. The number of phenols is 1. The third-order valence-corrected chi connectivity index (χ3v) is 5.19. The number of oxazole rings is 1. The molecule has 0 radical (unpaired) electrons. The second-order valence-electron chi connectivity index (χ2n) is 7.34. The van der Waals surface area contributed by atoms with Gasteiger partial charge in [-0.1, -0.05) is 12.5 Å². The maximum Gasteiger partial charge on any atom is 0.266 e. The van der Waals surface area contributed by atoms with Gasteiger partial charge in [0.15, 0.2) is 11.1 Å². The third kappa shape index (κ3) is 4.53. The number of aryl methyl sites for hydroxylation is 2. The Balaban J connectivity index is 1.40. The van der Waals surface area contributed by atoms with Crippen molar-refractivity contribution in [3.63, 3.8) is 0 Å². The van der Waals surface area contributed by atoms with Crippen molar-refractivity contribution in [3.05, 3.63) is 59.7 Å². The Morgan fingerprint density at radius 3 is 2.61 bits per heavy atom. The fourth-order valence-electron chi connectivity index (χ4n) is 3.50. The Hall–Kier alpha value is -3.81. The molecule has 160 valence electrons. The number of nitrogens with zero attached hydrogens (tertiary/aromatic N) is 2. The predicted octanol–water partition coefficient (Wildman–Crippen LogP) is 3.99. The van der Waals surface area contributed by atoms with Crippen LogP contribution in [0, 0.1) is 0 Å². The van der Waals surface area contributed by atoms with Crippen molar-refractivity contribution in [2.24, 2.45) is 5.73 Å². The standard InChI is InChI=1S/C23H24N4O4/c1-30-16-10-7-15(8-11-16)23-27-20-18(28)12-9-14(21(20)31-23)5-3-2-4-6-19-25-13-17(26-19)22(24)29/h7-13,28H,2-6H2,1H3,(H2,24,29)(H,25,26). The van der Waals surface area contributed by atoms with Crippen LogP contribution in [0.3, 0.4) is 0 Å². The summed E-state index contributed by atoms with van der Waals surface area (Å²) in [4.78, 5) is 22.7. The average molecular weight is 420 g/mol. The number of nitrogens with one attached hydrogen (secondary N) is 1. The molecule has 31 heavy (non-hydrogen) atoms. The molecule has 0 atom stereocenters. The first-order chi connectivity index (χ1) is 15.0. The van der Waals surface area contributed by atoms with Crippen LogP contribution in [0.2, 0.25) is 0 Å². The average Bonchev–Trinajstić information content (AvgIpc) is 3.43. The lowest BCUT2D eigenvalue weighted by Crippen LogP contribution is -2.11. The van der Waals surface area contributed by atoms with Gasteiger partial charge in [0.25, 0.3) is 5.91 Å². The first-order valence-electron chi connectivity index (χ1n) is 10.1. The Morgan fingerprint density at radius 1 is 1.13 bits per heavy atom. The molecule has 0 aliphatic heterocycles. The van der Waals surface area contributed by atoms with Gasteiger partial charge in [-0.2, -0.15) is 0 Å². The van der Waals surface area contributed by atoms with Gasteiger partial charge in [-0.25, -0.2) is 9.97 Å². The molecule has 0 aliphatic carbocycles. The molecule has 0 bridgehead atoms. The predicted molar refractivity (Wildman–Crippen MR) is 116 cm³/mol. The highest BCUT2D eigenvalue weighted by atomic mass is 16.5. The van der Waals surface area contributed by atoms with E-state index >= 15 is 0 Å². The maximum atomic E-state index is 11.1. The number of fused-ring (bicyclic) bond motifs is 1. The first kappa shape index (κ1) is 20.5. The molecule has 0 saturated heterocycles. The molecule has 8 nitrogen and oxygen atoms in total. The topological polar surface area (TPSA) is 127 Å². The second-order valence-corrected chi connectivity index (χ2v) is 7.34. The zero-order chi connectivity index (χ0) is 21.8. The number of aromatic hydroxyl groups is 1. The Kier molecular flexibility index (Phi) is 5.88. The van der Waals surface area contributed by atoms with E-state index in [-0.39, 0.29) is 5.75 Å². The molecule has 0 saturated carbocycles. The number of aromatic nitrogens is 3. The lowest BCUT2D eigenvalue weighted by molar-refractivity contribution is 0.0996. The molecule has 0 fully saturated rings. The quantitative estimate of drug-likeness (QED) is 0.351. The van der Waals surface area contributed by atoms with Gasteiger partial charge in [-0.15, -0.1) is 0 Å². The number of aromatic amines is 1. The van der Waals surface area contributed by atoms with Crippen molar-refractivity contribution in [2.75, 3.05) is 7.11 Å². The van der Waals surface area contributed by atoms with Gasteiger partial charge in [-0.3, -0.25) is 4.79 Å². The number of amides is 1. The van der Waals surface area contributed by atoms with Crippen molar-refractivity contribution in [1.82, 2.24) is 15.0 Å². The molecule has 2 aromatic heterocycles. The summed E-state index contributed by atoms with van der Waals surface area (Å²) >= 11 is 0. The number of carbonyl (C=O) groups is 1. The lowest BCUT2D eigenvalue weighted by Gasteiger charge is -2.03. The van der Waals surface area contributed by atoms with Crippen molar-refractivity contribution in [2.45, 2.75) is 32.1 Å². The molecular formula is C23H24N4O4. The number of unbranched alkanes of at least 4 members (excludes halogenated alkanes) is 2. The summed E-state index contributed by atoms with van der Waals surface area (Å²) < 4.78 is 11.2. The van der Waals surface area contributed by atoms with E-state index in [4.69, 9.17) is 14.9 Å². The monoisotopic (exact) mass is 420 g/mol. The fraction of sp³-hybridized carbons (Fsp3) is 0.261. The summed E-state index contributed by atoms with van der Waals surface area (Å²) in [5.74, 6) is 1.58. The Morgan fingerprint density at radius 2 is 1.90 bits per heavy atom. The third-order valence-electron chi connectivity index (χ3n) is 5.19. The summed E-state index contributed by atoms with van der Waals surface area (Å²) in [7, 11) is 1.62. The van der Waals surface area contributed by atoms with Crippen molar-refractivity contribution in [1.29, 1.82) is 0 Å². The summed E-state index contributed by atoms with van der Waals surface area (Å²) in [5.41, 5.74) is 8.47. The number of ether oxygens (including phenoxy) is 1. The summed E-state index contributed by atoms with van der Waals surface area (Å²) in [6.45, 7) is 0. The number of methoxy groups -OCH3 is 1. The number of hydrogen-bond donors (Lipinski definition) is 3. The first-order valence-corrected chi connectivity index (χ1v) is 10.1. The van der Waals surface area contributed by atoms with Crippen LogP contribution in [-0.2, 0) is 12.8 Å². The van der Waals surface area contributed by atoms with Gasteiger partial charge in [0.05, 0.1) is 13.3 Å².